The number of aliphatic carboxylic acids is 1. The van der Waals surface area contributed by atoms with Gasteiger partial charge in [0, 0.05) is 6.42 Å². The van der Waals surface area contributed by atoms with Gasteiger partial charge >= 0.3 is 0 Å². The molecule has 1 saturated heterocycles. The maximum absolute atomic E-state index is 11.0. The zero-order chi connectivity index (χ0) is 10.8. The Hall–Kier alpha value is -0.870. The molecule has 0 aliphatic carbocycles. The van der Waals surface area contributed by atoms with Gasteiger partial charge < -0.3 is 14.6 Å². The minimum atomic E-state index is -1.14. The van der Waals surface area contributed by atoms with Gasteiger partial charge in [-0.25, -0.2) is 0 Å². The third-order valence-corrected chi connectivity index (χ3v) is 2.97. The molecule has 14 heavy (non-hydrogen) atoms. The average Bonchev–Trinajstić information content (AvgIpc) is 1.97. The number of likely N-dealkylation sites (N-methyl/N-ethyl adjacent to an activating group) is 1. The highest BCUT2D eigenvalue weighted by Crippen LogP contribution is 2.34. The monoisotopic (exact) mass is 199 g/mol. The number of carbonyl (C=O) groups is 1. The predicted octanol–water partition coefficient (Wildman–Crippen LogP) is -0.495. The van der Waals surface area contributed by atoms with E-state index < -0.39 is 11.7 Å². The molecule has 0 aromatic heterocycles. The molecular weight excluding hydrogens is 182 g/mol. The van der Waals surface area contributed by atoms with Crippen LogP contribution in [0.25, 0.3) is 0 Å². The molecule has 1 rings (SSSR count). The molecule has 4 heteroatoms. The molecule has 1 fully saturated rings. The van der Waals surface area contributed by atoms with E-state index in [2.05, 4.69) is 6.58 Å². The van der Waals surface area contributed by atoms with Crippen molar-refractivity contribution in [1.82, 2.24) is 0 Å². The lowest BCUT2D eigenvalue weighted by molar-refractivity contribution is -0.969. The highest BCUT2D eigenvalue weighted by Gasteiger charge is 2.53. The van der Waals surface area contributed by atoms with Crippen molar-refractivity contribution in [2.45, 2.75) is 18.6 Å². The molecule has 1 unspecified atom stereocenters. The van der Waals surface area contributed by atoms with Crippen molar-refractivity contribution in [1.29, 1.82) is 0 Å². The maximum atomic E-state index is 11.0. The molecule has 0 saturated carbocycles. The van der Waals surface area contributed by atoms with Gasteiger partial charge in [-0.15, -0.1) is 6.58 Å². The summed E-state index contributed by atoms with van der Waals surface area (Å²) in [6.07, 6.45) is 3.08. The van der Waals surface area contributed by atoms with Crippen LogP contribution >= 0.6 is 0 Å². The minimum Gasteiger partial charge on any atom is -0.542 e. The molecule has 0 spiro atoms. The molecule has 0 aromatic carbocycles. The molecule has 1 heterocycles. The SMILES string of the molecule is C=CCC[N+](C)(C)C1(C(=O)[O-])CCO1. The summed E-state index contributed by atoms with van der Waals surface area (Å²) in [7, 11) is 3.69. The Kier molecular flexibility index (Phi) is 2.97. The summed E-state index contributed by atoms with van der Waals surface area (Å²) in [5.41, 5.74) is -1.14. The molecule has 0 amide bonds. The van der Waals surface area contributed by atoms with Crippen LogP contribution in [0.3, 0.4) is 0 Å². The lowest BCUT2D eigenvalue weighted by atomic mass is 10.0. The van der Waals surface area contributed by atoms with Crippen LogP contribution < -0.4 is 5.11 Å². The summed E-state index contributed by atoms with van der Waals surface area (Å²) in [4.78, 5) is 11.0. The van der Waals surface area contributed by atoms with E-state index in [1.54, 1.807) is 6.08 Å². The van der Waals surface area contributed by atoms with E-state index in [4.69, 9.17) is 4.74 Å². The Bertz CT molecular complexity index is 244. The maximum Gasteiger partial charge on any atom is 0.246 e. The summed E-state index contributed by atoms with van der Waals surface area (Å²) >= 11 is 0. The number of rotatable bonds is 5. The molecule has 0 bridgehead atoms. The summed E-state index contributed by atoms with van der Waals surface area (Å²) in [5, 5.41) is 11.0. The molecule has 0 aromatic rings. The van der Waals surface area contributed by atoms with E-state index in [1.165, 1.54) is 0 Å². The van der Waals surface area contributed by atoms with Crippen LogP contribution in [0.5, 0.6) is 0 Å². The molecule has 1 atom stereocenters. The molecule has 80 valence electrons. The van der Waals surface area contributed by atoms with Crippen LogP contribution in [0.2, 0.25) is 0 Å². The fourth-order valence-corrected chi connectivity index (χ4v) is 1.78. The van der Waals surface area contributed by atoms with Crippen molar-refractivity contribution in [3.63, 3.8) is 0 Å². The fourth-order valence-electron chi connectivity index (χ4n) is 1.78. The van der Waals surface area contributed by atoms with Crippen LogP contribution in [0.4, 0.5) is 0 Å². The Morgan fingerprint density at radius 1 is 1.71 bits per heavy atom. The Labute approximate surface area is 84.4 Å². The number of hydrogen-bond donors (Lipinski definition) is 0. The summed E-state index contributed by atoms with van der Waals surface area (Å²) in [6, 6.07) is 0. The van der Waals surface area contributed by atoms with Crippen molar-refractivity contribution in [3.8, 4) is 0 Å². The van der Waals surface area contributed by atoms with E-state index in [9.17, 15) is 9.90 Å². The Balaban J connectivity index is 2.76. The first-order valence-corrected chi connectivity index (χ1v) is 4.76. The number of carbonyl (C=O) groups excluding carboxylic acids is 1. The van der Waals surface area contributed by atoms with Crippen LogP contribution in [0.1, 0.15) is 12.8 Å². The van der Waals surface area contributed by atoms with Crippen molar-refractivity contribution < 1.29 is 19.1 Å². The van der Waals surface area contributed by atoms with E-state index in [0.717, 1.165) is 6.42 Å². The van der Waals surface area contributed by atoms with Crippen molar-refractivity contribution in [2.75, 3.05) is 27.2 Å². The van der Waals surface area contributed by atoms with E-state index in [0.29, 0.717) is 24.1 Å². The van der Waals surface area contributed by atoms with Crippen molar-refractivity contribution >= 4 is 5.97 Å². The Morgan fingerprint density at radius 3 is 2.57 bits per heavy atom. The van der Waals surface area contributed by atoms with Crippen LogP contribution in [0, 0.1) is 0 Å². The standard InChI is InChI=1S/C10H17NO3/c1-4-5-7-11(2,3)10(9(12)13)6-8-14-10/h4H,1,5-8H2,2-3H3. The zero-order valence-corrected chi connectivity index (χ0v) is 8.78. The first kappa shape index (κ1) is 11.2. The number of ether oxygens (including phenoxy) is 1. The predicted molar refractivity (Wildman–Crippen MR) is 50.1 cm³/mol. The van der Waals surface area contributed by atoms with Crippen molar-refractivity contribution in [2.24, 2.45) is 0 Å². The Morgan fingerprint density at radius 2 is 2.29 bits per heavy atom. The van der Waals surface area contributed by atoms with Gasteiger partial charge in [0.2, 0.25) is 5.72 Å². The topological polar surface area (TPSA) is 49.4 Å². The summed E-state index contributed by atoms with van der Waals surface area (Å²) in [6.45, 7) is 4.82. The van der Waals surface area contributed by atoms with Gasteiger partial charge in [0.05, 0.1) is 33.7 Å². The summed E-state index contributed by atoms with van der Waals surface area (Å²) in [5.74, 6) is -1.11. The van der Waals surface area contributed by atoms with Gasteiger partial charge in [-0.05, 0) is 0 Å². The molecule has 0 radical (unpaired) electrons. The van der Waals surface area contributed by atoms with Crippen LogP contribution in [-0.2, 0) is 9.53 Å². The zero-order valence-electron chi connectivity index (χ0n) is 8.78. The fraction of sp³-hybridized carbons (Fsp3) is 0.700. The van der Waals surface area contributed by atoms with Gasteiger partial charge in [-0.2, -0.15) is 0 Å². The van der Waals surface area contributed by atoms with Crippen molar-refractivity contribution in [3.05, 3.63) is 12.7 Å². The third kappa shape index (κ3) is 1.55. The summed E-state index contributed by atoms with van der Waals surface area (Å²) < 4.78 is 5.51. The van der Waals surface area contributed by atoms with E-state index >= 15 is 0 Å². The second-order valence-corrected chi connectivity index (χ2v) is 4.16. The van der Waals surface area contributed by atoms with Gasteiger partial charge in [-0.3, -0.25) is 4.48 Å². The highest BCUT2D eigenvalue weighted by atomic mass is 16.6. The second-order valence-electron chi connectivity index (χ2n) is 4.16. The third-order valence-electron chi connectivity index (χ3n) is 2.97. The number of nitrogens with zero attached hydrogens (tertiary/aromatic N) is 1. The average molecular weight is 199 g/mol. The number of carboxylic acids is 1. The smallest absolute Gasteiger partial charge is 0.246 e. The molecular formula is C10H17NO3. The normalized spacial score (nSPS) is 26.7. The van der Waals surface area contributed by atoms with Gasteiger partial charge in [0.25, 0.3) is 0 Å². The van der Waals surface area contributed by atoms with E-state index in [1.807, 2.05) is 14.1 Å². The quantitative estimate of drug-likeness (QED) is 0.443. The lowest BCUT2D eigenvalue weighted by Gasteiger charge is -2.53. The largest absolute Gasteiger partial charge is 0.542 e. The lowest BCUT2D eigenvalue weighted by Crippen LogP contribution is -2.73. The highest BCUT2D eigenvalue weighted by molar-refractivity contribution is 5.74. The molecule has 0 N–H and O–H groups in total. The van der Waals surface area contributed by atoms with E-state index in [-0.39, 0.29) is 0 Å². The first-order valence-electron chi connectivity index (χ1n) is 4.76. The number of quaternary nitrogens is 1. The molecule has 4 nitrogen and oxygen atoms in total. The minimum absolute atomic E-state index is 0.293. The van der Waals surface area contributed by atoms with Gasteiger partial charge in [-0.1, -0.05) is 6.08 Å². The van der Waals surface area contributed by atoms with Gasteiger partial charge in [0.15, 0.2) is 0 Å². The van der Waals surface area contributed by atoms with Crippen LogP contribution in [-0.4, -0.2) is 43.4 Å². The molecule has 1 aliphatic heterocycles. The second kappa shape index (κ2) is 3.71. The number of hydrogen-bond acceptors (Lipinski definition) is 3. The first-order chi connectivity index (χ1) is 6.46. The van der Waals surface area contributed by atoms with Crippen LogP contribution in [0.15, 0.2) is 12.7 Å². The molecule has 1 aliphatic rings. The van der Waals surface area contributed by atoms with Gasteiger partial charge in [0.1, 0.15) is 5.97 Å². The number of carboxylic acid groups (broad SMARTS) is 1.